The highest BCUT2D eigenvalue weighted by Gasteiger charge is 2.01. The molecule has 6 nitrogen and oxygen atoms in total. The van der Waals surface area contributed by atoms with Crippen molar-refractivity contribution in [1.82, 2.24) is 15.0 Å². The Morgan fingerprint density at radius 1 is 1.62 bits per heavy atom. The molecule has 1 aromatic rings. The Bertz CT molecular complexity index is 267. The first-order chi connectivity index (χ1) is 6.22. The van der Waals surface area contributed by atoms with Crippen LogP contribution in [0.3, 0.4) is 0 Å². The van der Waals surface area contributed by atoms with E-state index in [2.05, 4.69) is 20.3 Å². The van der Waals surface area contributed by atoms with Crippen LogP contribution in [0.2, 0.25) is 0 Å². The smallest absolute Gasteiger partial charge is 0.227 e. The molecule has 0 spiro atoms. The van der Waals surface area contributed by atoms with E-state index in [1.807, 2.05) is 6.92 Å². The van der Waals surface area contributed by atoms with E-state index in [0.717, 1.165) is 0 Å². The highest BCUT2D eigenvalue weighted by atomic mass is 16.3. The fourth-order valence-electron chi connectivity index (χ4n) is 0.748. The zero-order chi connectivity index (χ0) is 9.68. The second-order valence-corrected chi connectivity index (χ2v) is 2.61. The molecule has 13 heavy (non-hydrogen) atoms. The van der Waals surface area contributed by atoms with Crippen LogP contribution in [0.15, 0.2) is 6.33 Å². The third-order valence-corrected chi connectivity index (χ3v) is 1.56. The number of aliphatic hydroxyl groups excluding tert-OH is 1. The third-order valence-electron chi connectivity index (χ3n) is 1.56. The van der Waals surface area contributed by atoms with Crippen molar-refractivity contribution in [2.24, 2.45) is 0 Å². The number of aliphatic hydroxyl groups is 1. The molecule has 0 bridgehead atoms. The maximum atomic E-state index is 9.22. The lowest BCUT2D eigenvalue weighted by atomic mass is 10.3. The molecule has 0 saturated heterocycles. The summed E-state index contributed by atoms with van der Waals surface area (Å²) < 4.78 is 0. The fraction of sp³-hybridized carbons (Fsp3) is 0.571. The number of rotatable bonds is 4. The predicted octanol–water partition coefficient (Wildman–Crippen LogP) is -0.363. The Hall–Kier alpha value is -1.43. The van der Waals surface area contributed by atoms with E-state index in [9.17, 15) is 5.11 Å². The Morgan fingerprint density at radius 2 is 2.38 bits per heavy atom. The molecular formula is C7H13N5O. The maximum Gasteiger partial charge on any atom is 0.227 e. The summed E-state index contributed by atoms with van der Waals surface area (Å²) in [5, 5.41) is 12.1. The van der Waals surface area contributed by atoms with Gasteiger partial charge in [-0.3, -0.25) is 0 Å². The minimum atomic E-state index is -0.391. The molecule has 72 valence electrons. The standard InChI is InChI=1S/C7H13N5O/c1-2-5(13)3-9-7-11-4-10-6(8)12-7/h4-5,13H,2-3H2,1H3,(H3,8,9,10,11,12). The van der Waals surface area contributed by atoms with Crippen molar-refractivity contribution < 1.29 is 5.11 Å². The van der Waals surface area contributed by atoms with Crippen molar-refractivity contribution >= 4 is 11.9 Å². The van der Waals surface area contributed by atoms with E-state index < -0.39 is 6.10 Å². The Labute approximate surface area is 76.2 Å². The molecule has 0 radical (unpaired) electrons. The highest BCUT2D eigenvalue weighted by molar-refractivity contribution is 5.28. The summed E-state index contributed by atoms with van der Waals surface area (Å²) in [5.74, 6) is 0.559. The van der Waals surface area contributed by atoms with E-state index in [-0.39, 0.29) is 5.95 Å². The largest absolute Gasteiger partial charge is 0.391 e. The molecule has 0 saturated carbocycles. The van der Waals surface area contributed by atoms with Gasteiger partial charge in [-0.05, 0) is 6.42 Å². The van der Waals surface area contributed by atoms with E-state index in [1.54, 1.807) is 0 Å². The molecule has 1 rings (SSSR count). The van der Waals surface area contributed by atoms with Crippen LogP contribution >= 0.6 is 0 Å². The average Bonchev–Trinajstić information content (AvgIpc) is 2.14. The normalized spacial score (nSPS) is 12.5. The zero-order valence-corrected chi connectivity index (χ0v) is 7.44. The second kappa shape index (κ2) is 4.56. The van der Waals surface area contributed by atoms with Crippen molar-refractivity contribution in [3.8, 4) is 0 Å². The van der Waals surface area contributed by atoms with Crippen LogP contribution in [-0.4, -0.2) is 32.7 Å². The van der Waals surface area contributed by atoms with E-state index in [4.69, 9.17) is 5.73 Å². The molecule has 0 aliphatic heterocycles. The summed E-state index contributed by atoms with van der Waals surface area (Å²) in [6.45, 7) is 2.31. The van der Waals surface area contributed by atoms with Gasteiger partial charge in [0, 0.05) is 6.54 Å². The van der Waals surface area contributed by atoms with Gasteiger partial charge in [-0.2, -0.15) is 4.98 Å². The molecule has 1 unspecified atom stereocenters. The highest BCUT2D eigenvalue weighted by Crippen LogP contribution is 1.98. The van der Waals surface area contributed by atoms with Crippen LogP contribution in [0.5, 0.6) is 0 Å². The van der Waals surface area contributed by atoms with Gasteiger partial charge in [0.1, 0.15) is 6.33 Å². The van der Waals surface area contributed by atoms with Crippen LogP contribution in [0.1, 0.15) is 13.3 Å². The quantitative estimate of drug-likeness (QED) is 0.589. The molecule has 4 N–H and O–H groups in total. The Morgan fingerprint density at radius 3 is 3.00 bits per heavy atom. The molecule has 0 fully saturated rings. The number of nitrogens with zero attached hydrogens (tertiary/aromatic N) is 3. The van der Waals surface area contributed by atoms with Gasteiger partial charge >= 0.3 is 0 Å². The van der Waals surface area contributed by atoms with Gasteiger partial charge in [0.2, 0.25) is 11.9 Å². The van der Waals surface area contributed by atoms with Crippen molar-refractivity contribution in [2.75, 3.05) is 17.6 Å². The maximum absolute atomic E-state index is 9.22. The predicted molar refractivity (Wildman–Crippen MR) is 49.0 cm³/mol. The van der Waals surface area contributed by atoms with Crippen LogP contribution in [0.25, 0.3) is 0 Å². The number of anilines is 2. The van der Waals surface area contributed by atoms with Crippen molar-refractivity contribution in [1.29, 1.82) is 0 Å². The summed E-state index contributed by atoms with van der Waals surface area (Å²) in [6, 6.07) is 0. The number of aromatic nitrogens is 3. The average molecular weight is 183 g/mol. The van der Waals surface area contributed by atoms with Gasteiger partial charge in [0.15, 0.2) is 0 Å². The summed E-state index contributed by atoms with van der Waals surface area (Å²) >= 11 is 0. The lowest BCUT2D eigenvalue weighted by molar-refractivity contribution is 0.183. The number of nitrogens with two attached hydrogens (primary N) is 1. The third kappa shape index (κ3) is 3.20. The fourth-order valence-corrected chi connectivity index (χ4v) is 0.748. The van der Waals surface area contributed by atoms with Gasteiger partial charge in [-0.1, -0.05) is 6.92 Å². The number of nitrogens with one attached hydrogen (secondary N) is 1. The number of hydrogen-bond donors (Lipinski definition) is 3. The summed E-state index contributed by atoms with van der Waals surface area (Å²) in [6.07, 6.45) is 1.62. The SMILES string of the molecule is CCC(O)CNc1ncnc(N)n1. The van der Waals surface area contributed by atoms with Gasteiger partial charge < -0.3 is 16.2 Å². The van der Waals surface area contributed by atoms with E-state index in [1.165, 1.54) is 6.33 Å². The summed E-state index contributed by atoms with van der Waals surface area (Å²) in [4.78, 5) is 11.3. The van der Waals surface area contributed by atoms with Gasteiger partial charge in [-0.15, -0.1) is 0 Å². The molecule has 1 aromatic heterocycles. The zero-order valence-electron chi connectivity index (χ0n) is 7.44. The first-order valence-corrected chi connectivity index (χ1v) is 4.08. The molecular weight excluding hydrogens is 170 g/mol. The molecule has 1 atom stereocenters. The second-order valence-electron chi connectivity index (χ2n) is 2.61. The van der Waals surface area contributed by atoms with Gasteiger partial charge in [-0.25, -0.2) is 9.97 Å². The minimum absolute atomic E-state index is 0.170. The lowest BCUT2D eigenvalue weighted by Gasteiger charge is -2.08. The van der Waals surface area contributed by atoms with Crippen LogP contribution < -0.4 is 11.1 Å². The Kier molecular flexibility index (Phi) is 3.39. The first-order valence-electron chi connectivity index (χ1n) is 4.08. The van der Waals surface area contributed by atoms with Crippen LogP contribution in [0.4, 0.5) is 11.9 Å². The van der Waals surface area contributed by atoms with Crippen molar-refractivity contribution in [2.45, 2.75) is 19.4 Å². The summed E-state index contributed by atoms with van der Waals surface area (Å²) in [5.41, 5.74) is 5.33. The molecule has 1 heterocycles. The van der Waals surface area contributed by atoms with E-state index in [0.29, 0.717) is 18.9 Å². The molecule has 6 heteroatoms. The van der Waals surface area contributed by atoms with Gasteiger partial charge in [0.05, 0.1) is 6.10 Å². The van der Waals surface area contributed by atoms with Crippen molar-refractivity contribution in [3.05, 3.63) is 6.33 Å². The monoisotopic (exact) mass is 183 g/mol. The topological polar surface area (TPSA) is 97.0 Å². The minimum Gasteiger partial charge on any atom is -0.391 e. The van der Waals surface area contributed by atoms with Crippen LogP contribution in [-0.2, 0) is 0 Å². The summed E-state index contributed by atoms with van der Waals surface area (Å²) in [7, 11) is 0. The molecule has 0 aliphatic carbocycles. The Balaban J connectivity index is 2.45. The molecule has 0 aliphatic rings. The molecule has 0 amide bonds. The van der Waals surface area contributed by atoms with Crippen molar-refractivity contribution in [3.63, 3.8) is 0 Å². The lowest BCUT2D eigenvalue weighted by Crippen LogP contribution is -2.19. The van der Waals surface area contributed by atoms with E-state index >= 15 is 0 Å². The number of hydrogen-bond acceptors (Lipinski definition) is 6. The number of nitrogen functional groups attached to an aromatic ring is 1. The van der Waals surface area contributed by atoms with Crippen LogP contribution in [0, 0.1) is 0 Å². The van der Waals surface area contributed by atoms with Gasteiger partial charge in [0.25, 0.3) is 0 Å². The molecule has 0 aromatic carbocycles. The first kappa shape index (κ1) is 9.66.